The zero-order valence-electron chi connectivity index (χ0n) is 23.0. The van der Waals surface area contributed by atoms with Crippen molar-refractivity contribution in [2.45, 2.75) is 118 Å². The first-order chi connectivity index (χ1) is 17.0. The minimum atomic E-state index is -0.376. The Labute approximate surface area is 214 Å². The molecule has 35 heavy (non-hydrogen) atoms. The van der Waals surface area contributed by atoms with Crippen LogP contribution in [-0.2, 0) is 9.53 Å². The van der Waals surface area contributed by atoms with Crippen molar-refractivity contribution in [1.82, 2.24) is 0 Å². The van der Waals surface area contributed by atoms with E-state index in [4.69, 9.17) is 18.9 Å². The van der Waals surface area contributed by atoms with Crippen LogP contribution in [0, 0.1) is 0 Å². The number of ether oxygens (including phenoxy) is 4. The van der Waals surface area contributed by atoms with Gasteiger partial charge in [0.15, 0.2) is 0 Å². The second-order valence-corrected chi connectivity index (χ2v) is 9.38. The Hall–Kier alpha value is -2.17. The van der Waals surface area contributed by atoms with Gasteiger partial charge in [-0.05, 0) is 39.2 Å². The zero-order chi connectivity index (χ0) is 25.7. The van der Waals surface area contributed by atoms with Gasteiger partial charge in [-0.3, -0.25) is 0 Å². The van der Waals surface area contributed by atoms with Crippen molar-refractivity contribution < 1.29 is 23.7 Å². The van der Waals surface area contributed by atoms with Crippen LogP contribution in [0.15, 0.2) is 18.2 Å². The van der Waals surface area contributed by atoms with Crippen molar-refractivity contribution in [1.29, 1.82) is 0 Å². The zero-order valence-corrected chi connectivity index (χ0v) is 23.0. The lowest BCUT2D eigenvalue weighted by atomic mass is 10.1. The number of hydrogen-bond donors (Lipinski definition) is 0. The van der Waals surface area contributed by atoms with Crippen LogP contribution in [0.3, 0.4) is 0 Å². The van der Waals surface area contributed by atoms with Gasteiger partial charge in [0.2, 0.25) is 0 Å². The molecule has 0 bridgehead atoms. The molecule has 0 saturated carbocycles. The molecule has 1 aromatic carbocycles. The minimum Gasteiger partial charge on any atom is -0.493 e. The normalized spacial score (nSPS) is 11.3. The van der Waals surface area contributed by atoms with E-state index in [1.165, 1.54) is 44.6 Å². The van der Waals surface area contributed by atoms with Gasteiger partial charge in [-0.25, -0.2) is 4.79 Å². The number of unbranched alkanes of at least 4 members (excludes halogenated alkanes) is 9. The summed E-state index contributed by atoms with van der Waals surface area (Å²) in [7, 11) is 0. The van der Waals surface area contributed by atoms with E-state index in [1.807, 2.05) is 26.0 Å². The summed E-state index contributed by atoms with van der Waals surface area (Å²) in [5.74, 6) is 1.74. The Morgan fingerprint density at radius 1 is 0.714 bits per heavy atom. The fourth-order valence-electron chi connectivity index (χ4n) is 3.63. The topological polar surface area (TPSA) is 54.0 Å². The third-order valence-corrected chi connectivity index (χ3v) is 5.59. The minimum absolute atomic E-state index is 0.167. The molecule has 0 fully saturated rings. The standard InChI is InChI=1S/C30H50O5/c1-6-9-12-15-20-32-26-23-28(33-21-16-13-10-7-2)27(18-19-30(31)35-25(4)5)29(24-26)34-22-17-14-11-8-3/h18-19,23-25H,6-17,20-22H2,1-5H3. The average molecular weight is 491 g/mol. The summed E-state index contributed by atoms with van der Waals surface area (Å²) in [5.41, 5.74) is 0.759. The van der Waals surface area contributed by atoms with Crippen molar-refractivity contribution >= 4 is 12.0 Å². The summed E-state index contributed by atoms with van der Waals surface area (Å²) in [4.78, 5) is 12.2. The van der Waals surface area contributed by atoms with Gasteiger partial charge in [0.25, 0.3) is 0 Å². The number of hydrogen-bond acceptors (Lipinski definition) is 5. The summed E-state index contributed by atoms with van der Waals surface area (Å²) in [6.07, 6.45) is 16.7. The summed E-state index contributed by atoms with van der Waals surface area (Å²) in [5, 5.41) is 0. The molecular weight excluding hydrogens is 440 g/mol. The van der Waals surface area contributed by atoms with E-state index in [0.717, 1.165) is 49.8 Å². The molecule has 0 radical (unpaired) electrons. The largest absolute Gasteiger partial charge is 0.493 e. The Balaban J connectivity index is 3.11. The molecule has 0 aliphatic rings. The van der Waals surface area contributed by atoms with Crippen LogP contribution < -0.4 is 14.2 Å². The molecular formula is C30H50O5. The predicted molar refractivity (Wildman–Crippen MR) is 146 cm³/mol. The number of rotatable bonds is 21. The summed E-state index contributed by atoms with van der Waals surface area (Å²) >= 11 is 0. The molecule has 0 spiro atoms. The van der Waals surface area contributed by atoms with Crippen LogP contribution in [0.1, 0.15) is 117 Å². The fourth-order valence-corrected chi connectivity index (χ4v) is 3.63. The molecule has 1 rings (SSSR count). The summed E-state index contributed by atoms with van der Waals surface area (Å²) in [6, 6.07) is 3.86. The number of esters is 1. The highest BCUT2D eigenvalue weighted by atomic mass is 16.5. The van der Waals surface area contributed by atoms with Crippen LogP contribution in [0.4, 0.5) is 0 Å². The first-order valence-electron chi connectivity index (χ1n) is 14.0. The molecule has 0 heterocycles. The quantitative estimate of drug-likeness (QED) is 0.0981. The third kappa shape index (κ3) is 14.7. The Bertz CT molecular complexity index is 676. The lowest BCUT2D eigenvalue weighted by Gasteiger charge is -2.17. The number of carbonyl (C=O) groups is 1. The van der Waals surface area contributed by atoms with Crippen LogP contribution in [0.25, 0.3) is 6.08 Å². The second-order valence-electron chi connectivity index (χ2n) is 9.38. The van der Waals surface area contributed by atoms with E-state index in [-0.39, 0.29) is 12.1 Å². The maximum atomic E-state index is 12.2. The van der Waals surface area contributed by atoms with Gasteiger partial charge in [-0.1, -0.05) is 78.6 Å². The molecule has 0 saturated heterocycles. The first kappa shape index (κ1) is 30.9. The van der Waals surface area contributed by atoms with Crippen LogP contribution in [-0.4, -0.2) is 31.9 Å². The molecule has 0 unspecified atom stereocenters. The van der Waals surface area contributed by atoms with Crippen LogP contribution in [0.2, 0.25) is 0 Å². The molecule has 0 amide bonds. The van der Waals surface area contributed by atoms with Crippen molar-refractivity contribution in [2.75, 3.05) is 19.8 Å². The van der Waals surface area contributed by atoms with Gasteiger partial charge in [0.1, 0.15) is 17.2 Å². The lowest BCUT2D eigenvalue weighted by molar-refractivity contribution is -0.141. The highest BCUT2D eigenvalue weighted by Gasteiger charge is 2.14. The molecule has 0 aliphatic heterocycles. The highest BCUT2D eigenvalue weighted by Crippen LogP contribution is 2.36. The lowest BCUT2D eigenvalue weighted by Crippen LogP contribution is -2.08. The predicted octanol–water partition coefficient (Wildman–Crippen LogP) is 8.53. The van der Waals surface area contributed by atoms with E-state index in [2.05, 4.69) is 20.8 Å². The highest BCUT2D eigenvalue weighted by molar-refractivity contribution is 5.88. The van der Waals surface area contributed by atoms with Crippen LogP contribution >= 0.6 is 0 Å². The van der Waals surface area contributed by atoms with E-state index in [9.17, 15) is 4.79 Å². The molecule has 1 aromatic rings. The van der Waals surface area contributed by atoms with Gasteiger partial charge in [0, 0.05) is 18.2 Å². The van der Waals surface area contributed by atoms with Gasteiger partial charge in [-0.2, -0.15) is 0 Å². The SMILES string of the molecule is CCCCCCOc1cc(OCCCCCC)c(C=CC(=O)OC(C)C)c(OCCCCCC)c1. The smallest absolute Gasteiger partial charge is 0.331 e. The molecule has 0 aromatic heterocycles. The van der Waals surface area contributed by atoms with Gasteiger partial charge >= 0.3 is 5.97 Å². The van der Waals surface area contributed by atoms with Gasteiger partial charge in [0.05, 0.1) is 31.5 Å². The molecule has 0 aliphatic carbocycles. The third-order valence-electron chi connectivity index (χ3n) is 5.59. The number of carbonyl (C=O) groups excluding carboxylic acids is 1. The fraction of sp³-hybridized carbons (Fsp3) is 0.700. The maximum Gasteiger partial charge on any atom is 0.331 e. The second kappa shape index (κ2) is 20.1. The van der Waals surface area contributed by atoms with Gasteiger partial charge < -0.3 is 18.9 Å². The van der Waals surface area contributed by atoms with Crippen molar-refractivity contribution in [3.8, 4) is 17.2 Å². The Morgan fingerprint density at radius 3 is 1.60 bits per heavy atom. The average Bonchev–Trinajstić information content (AvgIpc) is 2.82. The number of benzene rings is 1. The van der Waals surface area contributed by atoms with E-state index >= 15 is 0 Å². The summed E-state index contributed by atoms with van der Waals surface area (Å²) < 4.78 is 23.8. The first-order valence-corrected chi connectivity index (χ1v) is 14.0. The maximum absolute atomic E-state index is 12.2. The van der Waals surface area contributed by atoms with E-state index in [0.29, 0.717) is 31.3 Å². The molecule has 0 N–H and O–H groups in total. The Kier molecular flexibility index (Phi) is 17.7. The molecule has 200 valence electrons. The monoisotopic (exact) mass is 490 g/mol. The Morgan fingerprint density at radius 2 is 1.17 bits per heavy atom. The van der Waals surface area contributed by atoms with E-state index in [1.54, 1.807) is 6.08 Å². The van der Waals surface area contributed by atoms with E-state index < -0.39 is 0 Å². The van der Waals surface area contributed by atoms with Crippen molar-refractivity contribution in [2.24, 2.45) is 0 Å². The van der Waals surface area contributed by atoms with Crippen LogP contribution in [0.5, 0.6) is 17.2 Å². The van der Waals surface area contributed by atoms with Crippen molar-refractivity contribution in [3.05, 3.63) is 23.8 Å². The summed E-state index contributed by atoms with van der Waals surface area (Å²) in [6.45, 7) is 12.2. The van der Waals surface area contributed by atoms with Crippen molar-refractivity contribution in [3.63, 3.8) is 0 Å². The molecule has 5 heteroatoms. The van der Waals surface area contributed by atoms with Gasteiger partial charge in [-0.15, -0.1) is 0 Å². The molecule has 0 atom stereocenters. The molecule has 5 nitrogen and oxygen atoms in total.